The highest BCUT2D eigenvalue weighted by molar-refractivity contribution is 6.31. The number of pyridine rings is 1. The molecule has 0 saturated heterocycles. The first-order chi connectivity index (χ1) is 18.9. The molecule has 2 aromatic rings. The number of Topliss-reactive ketones (excluding diaryl/α,β-unsaturated/α-hetero) is 1. The molecule has 1 aliphatic heterocycles. The van der Waals surface area contributed by atoms with Gasteiger partial charge in [-0.15, -0.1) is 0 Å². The number of amides is 2. The van der Waals surface area contributed by atoms with Crippen molar-refractivity contribution in [3.63, 3.8) is 0 Å². The molecule has 3 atom stereocenters. The molecule has 0 bridgehead atoms. The van der Waals surface area contributed by atoms with Crippen LogP contribution in [0.1, 0.15) is 82.3 Å². The highest BCUT2D eigenvalue weighted by Crippen LogP contribution is 2.72. The first-order valence-electron chi connectivity index (χ1n) is 14.1. The lowest BCUT2D eigenvalue weighted by atomic mass is 9.51. The molecule has 2 amide bonds. The minimum Gasteiger partial charge on any atom is -0.369 e. The zero-order valence-corrected chi connectivity index (χ0v) is 24.2. The summed E-state index contributed by atoms with van der Waals surface area (Å²) < 4.78 is 15.9. The van der Waals surface area contributed by atoms with Crippen LogP contribution in [-0.4, -0.2) is 22.6 Å². The van der Waals surface area contributed by atoms with Crippen molar-refractivity contribution in [2.75, 3.05) is 5.32 Å². The number of carbonyl (C=O) groups excluding carboxylic acids is 3. The second-order valence-corrected chi connectivity index (χ2v) is 14.1. The van der Waals surface area contributed by atoms with Crippen LogP contribution in [0.2, 0.25) is 10.2 Å². The maximum Gasteiger partial charge on any atom is 0.236 e. The van der Waals surface area contributed by atoms with Crippen molar-refractivity contribution in [1.29, 1.82) is 0 Å². The number of nitrogens with two attached hydrogens (primary N) is 1. The molecule has 9 heteroatoms. The highest BCUT2D eigenvalue weighted by Gasteiger charge is 2.72. The normalized spacial score (nSPS) is 31.6. The number of hydrogen-bond acceptors (Lipinski definition) is 4. The summed E-state index contributed by atoms with van der Waals surface area (Å²) in [5, 5.41) is 3.30. The second kappa shape index (κ2) is 9.52. The molecule has 6 rings (SSSR count). The molecule has 0 radical (unpaired) electrons. The third kappa shape index (κ3) is 4.02. The summed E-state index contributed by atoms with van der Waals surface area (Å²) in [7, 11) is 0. The van der Waals surface area contributed by atoms with Crippen molar-refractivity contribution in [1.82, 2.24) is 4.98 Å². The molecule has 3 fully saturated rings. The lowest BCUT2D eigenvalue weighted by molar-refractivity contribution is -0.130. The Hall–Kier alpha value is -2.51. The summed E-state index contributed by atoms with van der Waals surface area (Å²) in [4.78, 5) is 44.2. The molecule has 4 aliphatic rings. The van der Waals surface area contributed by atoms with Gasteiger partial charge in [0.25, 0.3) is 0 Å². The van der Waals surface area contributed by atoms with Crippen LogP contribution in [0, 0.1) is 34.4 Å². The number of nitrogens with zero attached hydrogens (tertiary/aromatic N) is 1. The van der Waals surface area contributed by atoms with Gasteiger partial charge in [0.1, 0.15) is 5.78 Å². The van der Waals surface area contributed by atoms with Crippen LogP contribution in [0.25, 0.3) is 0 Å². The lowest BCUT2D eigenvalue weighted by Crippen LogP contribution is -2.52. The first kappa shape index (κ1) is 27.6. The number of ketones is 1. The molecule has 1 aromatic heterocycles. The van der Waals surface area contributed by atoms with Crippen LogP contribution < -0.4 is 11.1 Å². The molecule has 6 nitrogen and oxygen atoms in total. The predicted molar refractivity (Wildman–Crippen MR) is 152 cm³/mol. The van der Waals surface area contributed by atoms with Gasteiger partial charge in [-0.1, -0.05) is 43.1 Å². The summed E-state index contributed by atoms with van der Waals surface area (Å²) in [5.41, 5.74) is 5.47. The Balaban J connectivity index is 1.53. The number of hydrogen-bond donors (Lipinski definition) is 2. The number of benzene rings is 1. The van der Waals surface area contributed by atoms with Crippen LogP contribution in [0.15, 0.2) is 30.5 Å². The molecule has 3 saturated carbocycles. The zero-order chi connectivity index (χ0) is 28.6. The fraction of sp³-hybridized carbons (Fsp3) is 0.548. The van der Waals surface area contributed by atoms with E-state index >= 15 is 4.39 Å². The Bertz CT molecular complexity index is 1410. The summed E-state index contributed by atoms with van der Waals surface area (Å²) >= 11 is 12.6. The van der Waals surface area contributed by atoms with E-state index in [2.05, 4.69) is 24.1 Å². The monoisotopic (exact) mass is 585 g/mol. The first-order valence-corrected chi connectivity index (χ1v) is 14.9. The molecule has 3 N–H and O–H groups in total. The van der Waals surface area contributed by atoms with Crippen LogP contribution in [-0.2, 0) is 19.8 Å². The molecule has 1 aromatic carbocycles. The SMILES string of the molecule is CC1(C)CCC2(CC1)C[C@@H](C(=O)CC1CC(C(N)=O)C1)[C@H](c1ccnc(Cl)c1F)[C@]21C(=O)Nc2cc(Cl)ccc21. The largest absolute Gasteiger partial charge is 0.369 e. The van der Waals surface area contributed by atoms with Gasteiger partial charge in [-0.05, 0) is 91.0 Å². The van der Waals surface area contributed by atoms with E-state index in [1.165, 1.54) is 6.20 Å². The number of primary amides is 1. The Morgan fingerprint density at radius 1 is 1.12 bits per heavy atom. The average molecular weight is 587 g/mol. The molecule has 212 valence electrons. The molecular formula is C31H34Cl2FN3O3. The van der Waals surface area contributed by atoms with Crippen molar-refractivity contribution < 1.29 is 18.8 Å². The number of carbonyl (C=O) groups is 3. The molecule has 3 aliphatic carbocycles. The number of aromatic nitrogens is 1. The van der Waals surface area contributed by atoms with Crippen LogP contribution in [0.5, 0.6) is 0 Å². The van der Waals surface area contributed by atoms with Gasteiger partial charge in [-0.3, -0.25) is 14.4 Å². The third-order valence-corrected chi connectivity index (χ3v) is 11.1. The molecule has 0 unspecified atom stereocenters. The summed E-state index contributed by atoms with van der Waals surface area (Å²) in [5.74, 6) is -2.76. The maximum absolute atomic E-state index is 15.9. The standard InChI is InChI=1S/C31H34Cl2FN3O3/c1-29(2)6-8-30(9-7-29)15-20(23(38)13-16-11-17(12-16)27(35)39)24(19-5-10-36-26(33)25(19)34)31(30)21-4-3-18(32)14-22(21)37-28(31)40/h3-5,10,14,16-17,20,24H,6-9,11-13,15H2,1-2H3,(H2,35,39)(H,37,40)/t16?,17?,20-,24-,31+/m0/s1. The Kier molecular flexibility index (Phi) is 6.58. The van der Waals surface area contributed by atoms with Crippen molar-refractivity contribution in [2.45, 2.75) is 76.5 Å². The van der Waals surface area contributed by atoms with Gasteiger partial charge in [0.2, 0.25) is 11.8 Å². The highest BCUT2D eigenvalue weighted by atomic mass is 35.5. The van der Waals surface area contributed by atoms with Gasteiger partial charge < -0.3 is 11.1 Å². The van der Waals surface area contributed by atoms with Gasteiger partial charge in [-0.2, -0.15) is 0 Å². The van der Waals surface area contributed by atoms with E-state index in [0.29, 0.717) is 30.0 Å². The molecule has 2 heterocycles. The Labute approximate surface area is 243 Å². The van der Waals surface area contributed by atoms with E-state index in [-0.39, 0.29) is 52.0 Å². The summed E-state index contributed by atoms with van der Waals surface area (Å²) in [6, 6.07) is 6.96. The quantitative estimate of drug-likeness (QED) is 0.387. The predicted octanol–water partition coefficient (Wildman–Crippen LogP) is 6.58. The van der Waals surface area contributed by atoms with Gasteiger partial charge >= 0.3 is 0 Å². The lowest BCUT2D eigenvalue weighted by Gasteiger charge is -2.51. The molecule has 2 spiro atoms. The number of anilines is 1. The van der Waals surface area contributed by atoms with Crippen LogP contribution in [0.3, 0.4) is 0 Å². The van der Waals surface area contributed by atoms with Crippen molar-refractivity contribution in [3.8, 4) is 0 Å². The third-order valence-electron chi connectivity index (χ3n) is 10.6. The number of halogens is 3. The van der Waals surface area contributed by atoms with E-state index in [0.717, 1.165) is 31.2 Å². The average Bonchev–Trinajstić information content (AvgIpc) is 3.32. The fourth-order valence-electron chi connectivity index (χ4n) is 8.47. The van der Waals surface area contributed by atoms with Crippen LogP contribution in [0.4, 0.5) is 10.1 Å². The summed E-state index contributed by atoms with van der Waals surface area (Å²) in [6.07, 6.45) is 6.63. The zero-order valence-electron chi connectivity index (χ0n) is 22.7. The fourth-order valence-corrected chi connectivity index (χ4v) is 8.81. The van der Waals surface area contributed by atoms with Gasteiger partial charge in [0.15, 0.2) is 11.0 Å². The number of nitrogens with one attached hydrogen (secondary N) is 1. The van der Waals surface area contributed by atoms with Gasteiger partial charge in [-0.25, -0.2) is 9.37 Å². The van der Waals surface area contributed by atoms with E-state index in [1.54, 1.807) is 18.2 Å². The summed E-state index contributed by atoms with van der Waals surface area (Å²) in [6.45, 7) is 4.47. The Morgan fingerprint density at radius 3 is 2.50 bits per heavy atom. The van der Waals surface area contributed by atoms with E-state index in [4.69, 9.17) is 28.9 Å². The van der Waals surface area contributed by atoms with E-state index < -0.39 is 28.5 Å². The van der Waals surface area contributed by atoms with Crippen molar-refractivity contribution in [2.24, 2.45) is 34.3 Å². The van der Waals surface area contributed by atoms with Crippen LogP contribution >= 0.6 is 23.2 Å². The number of fused-ring (bicyclic) bond motifs is 3. The van der Waals surface area contributed by atoms with Crippen molar-refractivity contribution in [3.05, 3.63) is 57.6 Å². The van der Waals surface area contributed by atoms with Gasteiger partial charge in [0.05, 0.1) is 5.41 Å². The molecule has 40 heavy (non-hydrogen) atoms. The molecular weight excluding hydrogens is 552 g/mol. The second-order valence-electron chi connectivity index (χ2n) is 13.3. The minimum atomic E-state index is -1.18. The van der Waals surface area contributed by atoms with Gasteiger partial charge in [0, 0.05) is 41.1 Å². The number of rotatable bonds is 5. The van der Waals surface area contributed by atoms with Crippen molar-refractivity contribution >= 4 is 46.5 Å². The van der Waals surface area contributed by atoms with E-state index in [9.17, 15) is 14.4 Å². The Morgan fingerprint density at radius 2 is 1.82 bits per heavy atom. The van der Waals surface area contributed by atoms with E-state index in [1.807, 2.05) is 6.07 Å². The smallest absolute Gasteiger partial charge is 0.236 e. The maximum atomic E-state index is 15.9. The minimum absolute atomic E-state index is 0.00144. The topological polar surface area (TPSA) is 102 Å².